The molecule has 1 amide bonds. The summed E-state index contributed by atoms with van der Waals surface area (Å²) in [6.45, 7) is 4.70. The molecule has 6 heteroatoms. The van der Waals surface area contributed by atoms with Crippen molar-refractivity contribution in [1.82, 2.24) is 19.4 Å². The van der Waals surface area contributed by atoms with Crippen molar-refractivity contribution < 1.29 is 9.90 Å². The highest BCUT2D eigenvalue weighted by atomic mass is 16.3. The summed E-state index contributed by atoms with van der Waals surface area (Å²) in [5.74, 6) is 0.998. The first-order valence-corrected chi connectivity index (χ1v) is 9.66. The summed E-state index contributed by atoms with van der Waals surface area (Å²) in [7, 11) is 2.00. The van der Waals surface area contributed by atoms with E-state index in [4.69, 9.17) is 0 Å². The van der Waals surface area contributed by atoms with Crippen LogP contribution in [0.1, 0.15) is 24.2 Å². The van der Waals surface area contributed by atoms with E-state index >= 15 is 0 Å². The van der Waals surface area contributed by atoms with E-state index in [9.17, 15) is 9.90 Å². The first-order chi connectivity index (χ1) is 13.0. The molecule has 1 aliphatic heterocycles. The third-order valence-corrected chi connectivity index (χ3v) is 5.24. The molecule has 0 bridgehead atoms. The Labute approximate surface area is 161 Å². The van der Waals surface area contributed by atoms with E-state index in [0.717, 1.165) is 25.2 Å². The lowest BCUT2D eigenvalue weighted by Gasteiger charge is -2.33. The normalized spacial score (nSPS) is 21.2. The fraction of sp³-hybridized carbons (Fsp3) is 0.524. The second kappa shape index (κ2) is 8.67. The average molecular weight is 370 g/mol. The number of aryl methyl sites for hydroxylation is 2. The van der Waals surface area contributed by atoms with Crippen molar-refractivity contribution in [3.63, 3.8) is 0 Å². The van der Waals surface area contributed by atoms with Crippen molar-refractivity contribution in [2.24, 2.45) is 0 Å². The SMILES string of the molecule is Cc1nccn1C[C@@]1(O)CN(C)CCN(C(=O)CCCc2ccccc2)C1. The molecule has 0 aliphatic carbocycles. The van der Waals surface area contributed by atoms with Gasteiger partial charge in [0, 0.05) is 38.4 Å². The van der Waals surface area contributed by atoms with E-state index in [-0.39, 0.29) is 5.91 Å². The Hall–Kier alpha value is -2.18. The Kier molecular flexibility index (Phi) is 6.29. The molecule has 1 fully saturated rings. The number of benzene rings is 1. The minimum absolute atomic E-state index is 0.127. The highest BCUT2D eigenvalue weighted by molar-refractivity contribution is 5.76. The highest BCUT2D eigenvalue weighted by Gasteiger charge is 2.36. The molecule has 1 atom stereocenters. The summed E-state index contributed by atoms with van der Waals surface area (Å²) in [5.41, 5.74) is 0.277. The molecule has 3 rings (SSSR count). The van der Waals surface area contributed by atoms with Gasteiger partial charge in [0.2, 0.25) is 5.91 Å². The van der Waals surface area contributed by atoms with Crippen LogP contribution >= 0.6 is 0 Å². The molecule has 0 spiro atoms. The zero-order valence-corrected chi connectivity index (χ0v) is 16.3. The van der Waals surface area contributed by atoms with Gasteiger partial charge in [0.25, 0.3) is 0 Å². The molecule has 146 valence electrons. The number of aliphatic hydroxyl groups is 1. The predicted octanol–water partition coefficient (Wildman–Crippen LogP) is 1.72. The van der Waals surface area contributed by atoms with Crippen LogP contribution in [0.15, 0.2) is 42.7 Å². The van der Waals surface area contributed by atoms with Gasteiger partial charge in [-0.25, -0.2) is 4.98 Å². The maximum Gasteiger partial charge on any atom is 0.222 e. The Morgan fingerprint density at radius 1 is 1.22 bits per heavy atom. The van der Waals surface area contributed by atoms with Crippen LogP contribution in [0.25, 0.3) is 0 Å². The number of β-amino-alcohol motifs (C(OH)–C–C–N with tert-alkyl or cyclic N) is 1. The molecule has 0 saturated carbocycles. The van der Waals surface area contributed by atoms with E-state index in [2.05, 4.69) is 22.0 Å². The smallest absolute Gasteiger partial charge is 0.222 e. The fourth-order valence-electron chi connectivity index (χ4n) is 3.80. The summed E-state index contributed by atoms with van der Waals surface area (Å²) in [6.07, 6.45) is 5.86. The van der Waals surface area contributed by atoms with Gasteiger partial charge >= 0.3 is 0 Å². The second-order valence-corrected chi connectivity index (χ2v) is 7.72. The first-order valence-electron chi connectivity index (χ1n) is 9.66. The summed E-state index contributed by atoms with van der Waals surface area (Å²) in [4.78, 5) is 21.0. The van der Waals surface area contributed by atoms with E-state index in [1.165, 1.54) is 5.56 Å². The fourth-order valence-corrected chi connectivity index (χ4v) is 3.80. The van der Waals surface area contributed by atoms with Crippen molar-refractivity contribution in [2.45, 2.75) is 38.3 Å². The van der Waals surface area contributed by atoms with Crippen LogP contribution in [0, 0.1) is 6.92 Å². The molecule has 1 aromatic heterocycles. The second-order valence-electron chi connectivity index (χ2n) is 7.72. The van der Waals surface area contributed by atoms with Crippen LogP contribution in [-0.4, -0.2) is 69.2 Å². The van der Waals surface area contributed by atoms with Gasteiger partial charge in [-0.15, -0.1) is 0 Å². The van der Waals surface area contributed by atoms with Crippen LogP contribution < -0.4 is 0 Å². The maximum absolute atomic E-state index is 12.8. The number of carbonyl (C=O) groups excluding carboxylic acids is 1. The minimum atomic E-state index is -0.980. The van der Waals surface area contributed by atoms with Crippen LogP contribution in [0.5, 0.6) is 0 Å². The number of carbonyl (C=O) groups is 1. The first kappa shape index (κ1) is 19.6. The summed E-state index contributed by atoms with van der Waals surface area (Å²) >= 11 is 0. The topological polar surface area (TPSA) is 61.6 Å². The Morgan fingerprint density at radius 3 is 2.70 bits per heavy atom. The average Bonchev–Trinajstić information content (AvgIpc) is 2.95. The van der Waals surface area contributed by atoms with Gasteiger partial charge in [0.05, 0.1) is 13.1 Å². The van der Waals surface area contributed by atoms with Gasteiger partial charge in [0.1, 0.15) is 11.4 Å². The van der Waals surface area contributed by atoms with E-state index in [1.54, 1.807) is 6.20 Å². The molecule has 2 heterocycles. The van der Waals surface area contributed by atoms with Crippen LogP contribution in [0.2, 0.25) is 0 Å². The van der Waals surface area contributed by atoms with Crippen LogP contribution in [0.3, 0.4) is 0 Å². The number of hydrogen-bond donors (Lipinski definition) is 1. The van der Waals surface area contributed by atoms with Crippen LogP contribution in [0.4, 0.5) is 0 Å². The molecule has 1 aromatic carbocycles. The Bertz CT molecular complexity index is 746. The minimum Gasteiger partial charge on any atom is -0.385 e. The third-order valence-electron chi connectivity index (χ3n) is 5.24. The third kappa shape index (κ3) is 5.40. The highest BCUT2D eigenvalue weighted by Crippen LogP contribution is 2.18. The predicted molar refractivity (Wildman–Crippen MR) is 105 cm³/mol. The van der Waals surface area contributed by atoms with E-state index in [1.807, 2.05) is 47.8 Å². The van der Waals surface area contributed by atoms with E-state index in [0.29, 0.717) is 32.6 Å². The van der Waals surface area contributed by atoms with Crippen molar-refractivity contribution in [2.75, 3.05) is 33.2 Å². The van der Waals surface area contributed by atoms with Gasteiger partial charge in [-0.1, -0.05) is 30.3 Å². The van der Waals surface area contributed by atoms with Crippen molar-refractivity contribution in [3.8, 4) is 0 Å². The standard InChI is InChI=1S/C21H30N4O2/c1-18-22-11-12-24(18)16-21(27)15-23(2)13-14-25(17-21)20(26)10-6-9-19-7-4-3-5-8-19/h3-5,7-8,11-12,27H,6,9-10,13-17H2,1-2H3/t21-/m0/s1. The van der Waals surface area contributed by atoms with E-state index < -0.39 is 5.60 Å². The number of aromatic nitrogens is 2. The molecular formula is C21H30N4O2. The lowest BCUT2D eigenvalue weighted by molar-refractivity contribution is -0.134. The van der Waals surface area contributed by atoms with Gasteiger partial charge < -0.3 is 19.5 Å². The number of rotatable bonds is 6. The molecule has 1 saturated heterocycles. The van der Waals surface area contributed by atoms with Crippen LogP contribution in [-0.2, 0) is 17.8 Å². The zero-order valence-electron chi connectivity index (χ0n) is 16.3. The maximum atomic E-state index is 12.8. The summed E-state index contributed by atoms with van der Waals surface area (Å²) in [6, 6.07) is 10.3. The Morgan fingerprint density at radius 2 is 2.00 bits per heavy atom. The number of hydrogen-bond acceptors (Lipinski definition) is 4. The lowest BCUT2D eigenvalue weighted by Crippen LogP contribution is -2.50. The number of amides is 1. The molecular weight excluding hydrogens is 340 g/mol. The van der Waals surface area contributed by atoms with Crippen molar-refractivity contribution in [3.05, 3.63) is 54.1 Å². The monoisotopic (exact) mass is 370 g/mol. The molecule has 1 N–H and O–H groups in total. The quantitative estimate of drug-likeness (QED) is 0.841. The number of imidazole rings is 1. The zero-order chi connectivity index (χ0) is 19.3. The molecule has 2 aromatic rings. The molecule has 6 nitrogen and oxygen atoms in total. The summed E-state index contributed by atoms with van der Waals surface area (Å²) < 4.78 is 1.96. The van der Waals surface area contributed by atoms with Gasteiger partial charge in [-0.05, 0) is 32.4 Å². The Balaban J connectivity index is 1.60. The van der Waals surface area contributed by atoms with Gasteiger partial charge in [0.15, 0.2) is 0 Å². The van der Waals surface area contributed by atoms with Crippen molar-refractivity contribution in [1.29, 1.82) is 0 Å². The molecule has 0 unspecified atom stereocenters. The number of nitrogens with zero attached hydrogens (tertiary/aromatic N) is 4. The number of likely N-dealkylation sites (N-methyl/N-ethyl adjacent to an activating group) is 1. The van der Waals surface area contributed by atoms with Crippen molar-refractivity contribution >= 4 is 5.91 Å². The molecule has 27 heavy (non-hydrogen) atoms. The lowest BCUT2D eigenvalue weighted by atomic mass is 10.0. The van der Waals surface area contributed by atoms with Gasteiger partial charge in [-0.2, -0.15) is 0 Å². The molecule has 1 aliphatic rings. The molecule has 0 radical (unpaired) electrons. The summed E-state index contributed by atoms with van der Waals surface area (Å²) in [5, 5.41) is 11.3. The van der Waals surface area contributed by atoms with Gasteiger partial charge in [-0.3, -0.25) is 4.79 Å². The largest absolute Gasteiger partial charge is 0.385 e.